The molecule has 17 nitrogen and oxygen atoms in total. The number of hydrazone groups is 1. The molecule has 8 N–H and O–H groups in total. The zero-order valence-corrected chi connectivity index (χ0v) is 26.1. The predicted octanol–water partition coefficient (Wildman–Crippen LogP) is -1.33. The maximum absolute atomic E-state index is 13.2. The van der Waals surface area contributed by atoms with Crippen molar-refractivity contribution in [2.45, 2.75) is 102 Å². The van der Waals surface area contributed by atoms with Gasteiger partial charge in [-0.05, 0) is 37.7 Å². The Hall–Kier alpha value is -4.09. The first-order valence-corrected chi connectivity index (χ1v) is 15.1. The quantitative estimate of drug-likeness (QED) is 0.101. The topological polar surface area (TPSA) is 243 Å². The van der Waals surface area contributed by atoms with Crippen LogP contribution in [0.5, 0.6) is 0 Å². The van der Waals surface area contributed by atoms with Gasteiger partial charge in [-0.2, -0.15) is 10.1 Å². The lowest BCUT2D eigenvalue weighted by atomic mass is 10.0. The van der Waals surface area contributed by atoms with Crippen LogP contribution >= 0.6 is 0 Å². The second-order valence-corrected chi connectivity index (χ2v) is 11.8. The fourth-order valence-electron chi connectivity index (χ4n) is 4.87. The summed E-state index contributed by atoms with van der Waals surface area (Å²) in [6.45, 7) is 9.02. The van der Waals surface area contributed by atoms with E-state index >= 15 is 0 Å². The lowest BCUT2D eigenvalue weighted by Gasteiger charge is -2.34. The number of hydrogen-bond acceptors (Lipinski definition) is 16. The minimum atomic E-state index is -1.38. The van der Waals surface area contributed by atoms with E-state index in [1.165, 1.54) is 11.2 Å². The highest BCUT2D eigenvalue weighted by atomic mass is 16.6. The number of amidine groups is 1. The minimum absolute atomic E-state index is 0.0892. The molecule has 0 aliphatic carbocycles. The molecule has 2 unspecified atom stereocenters. The van der Waals surface area contributed by atoms with Crippen molar-refractivity contribution < 1.29 is 33.3 Å². The summed E-state index contributed by atoms with van der Waals surface area (Å²) in [4.78, 5) is 54.4. The highest BCUT2D eigenvalue weighted by Crippen LogP contribution is 2.34. The minimum Gasteiger partial charge on any atom is -0.493 e. The summed E-state index contributed by atoms with van der Waals surface area (Å²) >= 11 is 0. The van der Waals surface area contributed by atoms with Crippen LogP contribution in [-0.2, 0) is 33.3 Å². The number of esters is 2. The summed E-state index contributed by atoms with van der Waals surface area (Å²) in [5.74, 6) is -2.45. The van der Waals surface area contributed by atoms with Gasteiger partial charge in [0.25, 0.3) is 5.91 Å². The maximum atomic E-state index is 13.2. The average molecular weight is 633 g/mol. The number of likely N-dealkylation sites (N-methyl/N-ethyl adjacent to an activating group) is 1. The number of rotatable bonds is 11. The molecule has 0 aromatic heterocycles. The van der Waals surface area contributed by atoms with E-state index in [4.69, 9.17) is 36.1 Å². The number of ether oxygens (including phenoxy) is 4. The molecule has 0 aromatic carbocycles. The Bertz CT molecular complexity index is 1250. The Balaban J connectivity index is 1.65. The van der Waals surface area contributed by atoms with Crippen molar-refractivity contribution in [2.24, 2.45) is 49.1 Å². The van der Waals surface area contributed by atoms with Crippen LogP contribution in [0.2, 0.25) is 0 Å². The number of hydrogen-bond donors (Lipinski definition) is 5. The summed E-state index contributed by atoms with van der Waals surface area (Å²) in [5, 5.41) is 6.87. The summed E-state index contributed by atoms with van der Waals surface area (Å²) in [7, 11) is 0. The molecule has 1 fully saturated rings. The number of carbonyl (C=O) groups is 3. The van der Waals surface area contributed by atoms with E-state index in [1.807, 2.05) is 6.08 Å². The van der Waals surface area contributed by atoms with Gasteiger partial charge in [0.05, 0.1) is 18.8 Å². The van der Waals surface area contributed by atoms with Crippen molar-refractivity contribution in [1.82, 2.24) is 15.6 Å². The fraction of sp³-hybridized carbons (Fsp3) is 0.679. The number of aliphatic imine (C=N–C) groups is 3. The van der Waals surface area contributed by atoms with Crippen molar-refractivity contribution in [3.8, 4) is 0 Å². The lowest BCUT2D eigenvalue weighted by molar-refractivity contribution is -0.172. The third-order valence-corrected chi connectivity index (χ3v) is 7.69. The van der Waals surface area contributed by atoms with Crippen LogP contribution in [0.1, 0.15) is 47.5 Å². The zero-order chi connectivity index (χ0) is 32.8. The molecule has 9 atom stereocenters. The Labute approximate surface area is 261 Å². The monoisotopic (exact) mass is 632 g/mol. The van der Waals surface area contributed by atoms with Gasteiger partial charge in [0.2, 0.25) is 5.96 Å². The van der Waals surface area contributed by atoms with E-state index in [9.17, 15) is 14.4 Å². The molecule has 4 rings (SSSR count). The second kappa shape index (κ2) is 14.8. The summed E-state index contributed by atoms with van der Waals surface area (Å²) in [6.07, 6.45) is 1.89. The first-order chi connectivity index (χ1) is 21.4. The number of amides is 1. The SMILES string of the molecule is CCNC(=O)[C@H]1O[C@@H](N2C=NC3C(N)=NC(N/N=C/[C@@H]4CCC=CO4)=NC32)[C@H](OC(=O)[C@@H](N)C(C)C)[C@@H]1OC(=O)[C@@H](N)C(C)C. The molecule has 0 radical (unpaired) electrons. The molecule has 0 aromatic rings. The molecule has 1 saturated heterocycles. The summed E-state index contributed by atoms with van der Waals surface area (Å²) < 4.78 is 23.4. The van der Waals surface area contributed by atoms with Gasteiger partial charge in [-0.3, -0.25) is 19.4 Å². The molecule has 248 valence electrons. The Morgan fingerprint density at radius 1 is 1.13 bits per heavy atom. The van der Waals surface area contributed by atoms with E-state index < -0.39 is 66.7 Å². The van der Waals surface area contributed by atoms with E-state index in [0.29, 0.717) is 0 Å². The number of nitrogens with two attached hydrogens (primary N) is 3. The standard InChI is InChI=1S/C28H44N10O7/c1-6-32-24(39)20-19(44-26(40)16(29)13(2)3)21(45-27(41)17(30)14(4)5)25(43-20)38-12-33-18-22(31)35-28(36-23(18)38)37-34-11-15-9-7-8-10-42-15/h8,10-21,23,25H,6-7,9,29-30H2,1-5H3,(H,32,39)(H3,31,35,36,37)/b34-11+/t15-,16-,17-,18?,19+,20-,21+,23?,25+/m0/s1. The highest BCUT2D eigenvalue weighted by Gasteiger charge is 2.57. The van der Waals surface area contributed by atoms with Crippen LogP contribution in [0.25, 0.3) is 0 Å². The lowest BCUT2D eigenvalue weighted by Crippen LogP contribution is -2.55. The number of guanidine groups is 1. The molecule has 45 heavy (non-hydrogen) atoms. The summed E-state index contributed by atoms with van der Waals surface area (Å²) in [6, 6.07) is -2.73. The largest absolute Gasteiger partial charge is 0.493 e. The van der Waals surface area contributed by atoms with Crippen LogP contribution in [0.15, 0.2) is 32.4 Å². The molecule has 0 spiro atoms. The van der Waals surface area contributed by atoms with Crippen LogP contribution in [0, 0.1) is 11.8 Å². The van der Waals surface area contributed by atoms with Gasteiger partial charge in [-0.25, -0.2) is 10.4 Å². The molecule has 17 heteroatoms. The number of nitrogens with zero attached hydrogens (tertiary/aromatic N) is 5. The number of fused-ring (bicyclic) bond motifs is 1. The smallest absolute Gasteiger partial charge is 0.323 e. The Kier molecular flexibility index (Phi) is 11.1. The van der Waals surface area contributed by atoms with Gasteiger partial charge < -0.3 is 46.4 Å². The molecule has 4 aliphatic heterocycles. The van der Waals surface area contributed by atoms with Gasteiger partial charge in [-0.1, -0.05) is 27.7 Å². The Morgan fingerprint density at radius 3 is 2.40 bits per heavy atom. The fourth-order valence-corrected chi connectivity index (χ4v) is 4.87. The normalized spacial score (nSPS) is 30.4. The first kappa shape index (κ1) is 33.8. The van der Waals surface area contributed by atoms with Crippen LogP contribution in [0.4, 0.5) is 0 Å². The zero-order valence-electron chi connectivity index (χ0n) is 26.1. The predicted molar refractivity (Wildman–Crippen MR) is 165 cm³/mol. The number of nitrogens with one attached hydrogen (secondary N) is 2. The molecular formula is C28H44N10O7. The summed E-state index contributed by atoms with van der Waals surface area (Å²) in [5.41, 5.74) is 21.2. The van der Waals surface area contributed by atoms with Crippen molar-refractivity contribution in [3.05, 3.63) is 12.3 Å². The third kappa shape index (κ3) is 7.77. The van der Waals surface area contributed by atoms with Crippen molar-refractivity contribution in [1.29, 1.82) is 0 Å². The molecule has 1 amide bonds. The number of allylic oxidation sites excluding steroid dienone is 1. The van der Waals surface area contributed by atoms with Crippen molar-refractivity contribution in [2.75, 3.05) is 6.54 Å². The maximum Gasteiger partial charge on any atom is 0.323 e. The Morgan fingerprint density at radius 2 is 1.80 bits per heavy atom. The van der Waals surface area contributed by atoms with Crippen LogP contribution < -0.4 is 27.9 Å². The van der Waals surface area contributed by atoms with E-state index in [2.05, 4.69) is 30.8 Å². The highest BCUT2D eigenvalue weighted by molar-refractivity contribution is 6.02. The second-order valence-electron chi connectivity index (χ2n) is 11.8. The molecular weight excluding hydrogens is 588 g/mol. The van der Waals surface area contributed by atoms with Gasteiger partial charge in [-0.15, -0.1) is 0 Å². The van der Waals surface area contributed by atoms with Gasteiger partial charge in [0.15, 0.2) is 30.7 Å². The number of carbonyl (C=O) groups excluding carboxylic acids is 3. The first-order valence-electron chi connectivity index (χ1n) is 15.1. The van der Waals surface area contributed by atoms with Gasteiger partial charge in [0.1, 0.15) is 30.1 Å². The molecule has 4 aliphatic rings. The molecule has 4 heterocycles. The average Bonchev–Trinajstić information content (AvgIpc) is 3.58. The van der Waals surface area contributed by atoms with E-state index in [0.717, 1.165) is 12.8 Å². The van der Waals surface area contributed by atoms with Crippen molar-refractivity contribution in [3.63, 3.8) is 0 Å². The van der Waals surface area contributed by atoms with Crippen LogP contribution in [-0.4, -0.2) is 109 Å². The molecule has 0 saturated carbocycles. The van der Waals surface area contributed by atoms with Crippen LogP contribution in [0.3, 0.4) is 0 Å². The van der Waals surface area contributed by atoms with Gasteiger partial charge in [0, 0.05) is 6.54 Å². The van der Waals surface area contributed by atoms with E-state index in [1.54, 1.807) is 47.1 Å². The van der Waals surface area contributed by atoms with E-state index in [-0.39, 0.29) is 36.3 Å². The van der Waals surface area contributed by atoms with Crippen molar-refractivity contribution >= 4 is 42.2 Å². The van der Waals surface area contributed by atoms with Gasteiger partial charge >= 0.3 is 11.9 Å². The third-order valence-electron chi connectivity index (χ3n) is 7.69. The molecule has 0 bridgehead atoms.